The van der Waals surface area contributed by atoms with Crippen LogP contribution in [0.15, 0.2) is 0 Å². The van der Waals surface area contributed by atoms with Crippen molar-refractivity contribution in [2.24, 2.45) is 11.7 Å². The van der Waals surface area contributed by atoms with Crippen LogP contribution in [-0.2, 0) is 9.53 Å². The average Bonchev–Trinajstić information content (AvgIpc) is 3.07. The molecule has 1 heterocycles. The molecule has 0 radical (unpaired) electrons. The molecule has 0 aliphatic heterocycles. The van der Waals surface area contributed by atoms with Crippen LogP contribution in [0.2, 0.25) is 0 Å². The van der Waals surface area contributed by atoms with Gasteiger partial charge in [0.15, 0.2) is 0 Å². The van der Waals surface area contributed by atoms with E-state index in [2.05, 4.69) is 5.32 Å². The summed E-state index contributed by atoms with van der Waals surface area (Å²) in [7, 11) is 0. The Morgan fingerprint density at radius 2 is 1.95 bits per heavy atom. The van der Waals surface area contributed by atoms with Gasteiger partial charge in [0.1, 0.15) is 5.00 Å². The number of thiophene rings is 1. The van der Waals surface area contributed by atoms with Crippen molar-refractivity contribution in [1.82, 2.24) is 0 Å². The molecule has 120 valence electrons. The third-order valence-corrected chi connectivity index (χ3v) is 5.03. The van der Waals surface area contributed by atoms with Crippen molar-refractivity contribution < 1.29 is 19.1 Å². The Morgan fingerprint density at radius 1 is 1.32 bits per heavy atom. The quantitative estimate of drug-likeness (QED) is 0.813. The van der Waals surface area contributed by atoms with Crippen LogP contribution < -0.4 is 11.1 Å². The molecule has 6 nitrogen and oxygen atoms in total. The van der Waals surface area contributed by atoms with E-state index in [9.17, 15) is 14.4 Å². The van der Waals surface area contributed by atoms with Crippen LogP contribution in [0.4, 0.5) is 5.00 Å². The van der Waals surface area contributed by atoms with Crippen molar-refractivity contribution in [3.05, 3.63) is 16.0 Å². The van der Waals surface area contributed by atoms with Crippen LogP contribution in [-0.4, -0.2) is 24.4 Å². The Hall–Kier alpha value is -1.89. The number of nitrogens with two attached hydrogens (primary N) is 1. The molecule has 2 amide bonds. The Bertz CT molecular complexity index is 603. The third-order valence-electron chi connectivity index (χ3n) is 3.81. The topological polar surface area (TPSA) is 98.5 Å². The number of carbonyl (C=O) groups excluding carboxylic acids is 3. The number of esters is 1. The zero-order valence-electron chi connectivity index (χ0n) is 12.7. The van der Waals surface area contributed by atoms with Crippen LogP contribution in [0, 0.1) is 12.8 Å². The summed E-state index contributed by atoms with van der Waals surface area (Å²) < 4.78 is 5.01. The average molecular weight is 324 g/mol. The minimum atomic E-state index is -0.616. The Kier molecular flexibility index (Phi) is 5.18. The van der Waals surface area contributed by atoms with Gasteiger partial charge >= 0.3 is 5.97 Å². The van der Waals surface area contributed by atoms with E-state index in [1.165, 1.54) is 0 Å². The third kappa shape index (κ3) is 3.30. The smallest absolute Gasteiger partial charge is 0.341 e. The summed E-state index contributed by atoms with van der Waals surface area (Å²) in [4.78, 5) is 36.1. The van der Waals surface area contributed by atoms with E-state index in [4.69, 9.17) is 10.5 Å². The number of nitrogens with one attached hydrogen (secondary N) is 1. The maximum absolute atomic E-state index is 12.3. The van der Waals surface area contributed by atoms with Crippen LogP contribution in [0.5, 0.6) is 0 Å². The second kappa shape index (κ2) is 6.91. The van der Waals surface area contributed by atoms with Crippen molar-refractivity contribution in [2.75, 3.05) is 11.9 Å². The summed E-state index contributed by atoms with van der Waals surface area (Å²) in [6.45, 7) is 3.55. The molecule has 0 aromatic carbocycles. The largest absolute Gasteiger partial charge is 0.462 e. The van der Waals surface area contributed by atoms with Crippen molar-refractivity contribution in [3.8, 4) is 0 Å². The minimum absolute atomic E-state index is 0.0329. The van der Waals surface area contributed by atoms with Gasteiger partial charge in [-0.2, -0.15) is 0 Å². The first-order valence-electron chi connectivity index (χ1n) is 7.36. The van der Waals surface area contributed by atoms with Gasteiger partial charge in [-0.25, -0.2) is 4.79 Å². The maximum Gasteiger partial charge on any atom is 0.341 e. The monoisotopic (exact) mass is 324 g/mol. The highest BCUT2D eigenvalue weighted by Crippen LogP contribution is 2.35. The van der Waals surface area contributed by atoms with Gasteiger partial charge in [-0.05, 0) is 32.3 Å². The molecule has 0 unspecified atom stereocenters. The zero-order valence-corrected chi connectivity index (χ0v) is 13.5. The summed E-state index contributed by atoms with van der Waals surface area (Å²) in [5, 5.41) is 3.13. The fraction of sp³-hybridized carbons (Fsp3) is 0.533. The molecule has 1 saturated carbocycles. The van der Waals surface area contributed by atoms with Gasteiger partial charge in [0.05, 0.1) is 17.0 Å². The molecular weight excluding hydrogens is 304 g/mol. The molecule has 1 aliphatic carbocycles. The molecule has 0 saturated heterocycles. The highest BCUT2D eigenvalue weighted by atomic mass is 32.1. The fourth-order valence-electron chi connectivity index (χ4n) is 2.69. The SMILES string of the molecule is CCOC(=O)c1c(NC(=O)C2CCCC2)sc(C(N)=O)c1C. The molecule has 1 aliphatic rings. The van der Waals surface area contributed by atoms with Crippen LogP contribution >= 0.6 is 11.3 Å². The van der Waals surface area contributed by atoms with E-state index in [0.29, 0.717) is 10.6 Å². The number of hydrogen-bond acceptors (Lipinski definition) is 5. The molecule has 7 heteroatoms. The predicted molar refractivity (Wildman–Crippen MR) is 84.1 cm³/mol. The van der Waals surface area contributed by atoms with Gasteiger partial charge in [0, 0.05) is 5.92 Å². The van der Waals surface area contributed by atoms with E-state index in [1.807, 2.05) is 0 Å². The lowest BCUT2D eigenvalue weighted by Crippen LogP contribution is -2.21. The Balaban J connectivity index is 2.31. The predicted octanol–water partition coefficient (Wildman–Crippen LogP) is 2.46. The Morgan fingerprint density at radius 3 is 2.50 bits per heavy atom. The van der Waals surface area contributed by atoms with E-state index in [1.54, 1.807) is 13.8 Å². The van der Waals surface area contributed by atoms with Gasteiger partial charge in [-0.15, -0.1) is 11.3 Å². The lowest BCUT2D eigenvalue weighted by molar-refractivity contribution is -0.119. The second-order valence-corrected chi connectivity index (χ2v) is 6.34. The molecule has 1 fully saturated rings. The number of rotatable bonds is 5. The standard InChI is InChI=1S/C15H20N2O4S/c1-3-21-15(20)10-8(2)11(12(16)18)22-14(10)17-13(19)9-6-4-5-7-9/h9H,3-7H2,1-2H3,(H2,16,18)(H,17,19). The molecule has 0 atom stereocenters. The zero-order chi connectivity index (χ0) is 16.3. The van der Waals surface area contributed by atoms with Crippen LogP contribution in [0.25, 0.3) is 0 Å². The summed E-state index contributed by atoms with van der Waals surface area (Å²) in [5.41, 5.74) is 6.02. The van der Waals surface area contributed by atoms with Crippen molar-refractivity contribution >= 4 is 34.1 Å². The summed E-state index contributed by atoms with van der Waals surface area (Å²) in [6, 6.07) is 0. The first-order valence-corrected chi connectivity index (χ1v) is 8.18. The number of anilines is 1. The van der Waals surface area contributed by atoms with E-state index in [0.717, 1.165) is 37.0 Å². The maximum atomic E-state index is 12.3. The van der Waals surface area contributed by atoms with Crippen LogP contribution in [0.3, 0.4) is 0 Å². The van der Waals surface area contributed by atoms with Gasteiger partial charge in [-0.1, -0.05) is 12.8 Å². The molecule has 2 rings (SSSR count). The first kappa shape index (κ1) is 16.5. The highest BCUT2D eigenvalue weighted by molar-refractivity contribution is 7.18. The van der Waals surface area contributed by atoms with Crippen LogP contribution in [0.1, 0.15) is 58.2 Å². The number of carbonyl (C=O) groups is 3. The summed E-state index contributed by atoms with van der Waals surface area (Å²) in [5.74, 6) is -1.31. The summed E-state index contributed by atoms with van der Waals surface area (Å²) >= 11 is 1.03. The fourth-order valence-corrected chi connectivity index (χ4v) is 3.74. The minimum Gasteiger partial charge on any atom is -0.462 e. The number of amides is 2. The van der Waals surface area contributed by atoms with Gasteiger partial charge < -0.3 is 15.8 Å². The highest BCUT2D eigenvalue weighted by Gasteiger charge is 2.28. The molecule has 22 heavy (non-hydrogen) atoms. The van der Waals surface area contributed by atoms with Gasteiger partial charge in [0.2, 0.25) is 5.91 Å². The van der Waals surface area contributed by atoms with Crippen molar-refractivity contribution in [3.63, 3.8) is 0 Å². The van der Waals surface area contributed by atoms with E-state index in [-0.39, 0.29) is 28.9 Å². The second-order valence-electron chi connectivity index (χ2n) is 5.32. The van der Waals surface area contributed by atoms with Crippen molar-refractivity contribution in [2.45, 2.75) is 39.5 Å². The lowest BCUT2D eigenvalue weighted by Gasteiger charge is -2.10. The molecule has 1 aromatic rings. The van der Waals surface area contributed by atoms with E-state index >= 15 is 0 Å². The Labute approximate surface area is 133 Å². The van der Waals surface area contributed by atoms with Gasteiger partial charge in [-0.3, -0.25) is 9.59 Å². The molecule has 1 aromatic heterocycles. The number of ether oxygens (including phenoxy) is 1. The van der Waals surface area contributed by atoms with Gasteiger partial charge in [0.25, 0.3) is 5.91 Å². The molecule has 0 bridgehead atoms. The molecular formula is C15H20N2O4S. The summed E-state index contributed by atoms with van der Waals surface area (Å²) in [6.07, 6.45) is 3.79. The molecule has 3 N–H and O–H groups in total. The van der Waals surface area contributed by atoms with Crippen molar-refractivity contribution in [1.29, 1.82) is 0 Å². The first-order chi connectivity index (χ1) is 10.5. The normalized spacial score (nSPS) is 14.8. The number of hydrogen-bond donors (Lipinski definition) is 2. The lowest BCUT2D eigenvalue weighted by atomic mass is 10.1. The number of primary amides is 1. The van der Waals surface area contributed by atoms with E-state index < -0.39 is 11.9 Å². The molecule has 0 spiro atoms.